The van der Waals surface area contributed by atoms with Crippen LogP contribution in [0.4, 0.5) is 0 Å². The largest absolute Gasteiger partial charge is 0.497 e. The van der Waals surface area contributed by atoms with E-state index in [2.05, 4.69) is 5.10 Å². The van der Waals surface area contributed by atoms with Crippen molar-refractivity contribution in [2.75, 3.05) is 7.11 Å². The van der Waals surface area contributed by atoms with Crippen LogP contribution in [0, 0.1) is 0 Å². The maximum absolute atomic E-state index is 5.23. The summed E-state index contributed by atoms with van der Waals surface area (Å²) in [7, 11) is 1.66. The number of hydrogen-bond acceptors (Lipinski definition) is 4. The van der Waals surface area contributed by atoms with Crippen LogP contribution >= 0.6 is 11.3 Å². The van der Waals surface area contributed by atoms with Crippen molar-refractivity contribution < 1.29 is 9.42 Å². The zero-order valence-electron chi connectivity index (χ0n) is 10.8. The lowest BCUT2D eigenvalue weighted by molar-refractivity contribution is -0.646. The second kappa shape index (κ2) is 5.56. The maximum Gasteiger partial charge on any atom is 0.237 e. The summed E-state index contributed by atoms with van der Waals surface area (Å²) in [6.45, 7) is 0. The number of methoxy groups -OCH3 is 1. The minimum absolute atomic E-state index is 0.625. The molecule has 20 heavy (non-hydrogen) atoms. The third-order valence-corrected chi connectivity index (χ3v) is 4.09. The van der Waals surface area contributed by atoms with Crippen LogP contribution in [0.3, 0.4) is 0 Å². The van der Waals surface area contributed by atoms with Crippen molar-refractivity contribution in [3.05, 3.63) is 54.6 Å². The Kier molecular flexibility index (Phi) is 3.62. The van der Waals surface area contributed by atoms with E-state index < -0.39 is 0 Å². The van der Waals surface area contributed by atoms with Crippen LogP contribution in [0.2, 0.25) is 0 Å². The molecule has 0 fully saturated rings. The Hall–Kier alpha value is -1.98. The lowest BCUT2D eigenvalue weighted by Gasteiger charge is -2.01. The predicted octanol–water partition coefficient (Wildman–Crippen LogP) is 3.00. The van der Waals surface area contributed by atoms with Crippen molar-refractivity contribution in [2.24, 2.45) is 0 Å². The Labute approximate surface area is 126 Å². The zero-order valence-corrected chi connectivity index (χ0v) is 12.4. The molecule has 3 nitrogen and oxygen atoms in total. The van der Waals surface area contributed by atoms with E-state index in [9.17, 15) is 0 Å². The molecule has 0 aliphatic heterocycles. The SMILES string of the molecule is COc1ccc(-c2sc([S-])n[n+]2-c2ccccc2)cc1. The highest BCUT2D eigenvalue weighted by atomic mass is 32.2. The van der Waals surface area contributed by atoms with E-state index in [1.54, 1.807) is 7.11 Å². The molecule has 0 spiro atoms. The fourth-order valence-corrected chi connectivity index (χ4v) is 3.03. The van der Waals surface area contributed by atoms with E-state index in [4.69, 9.17) is 17.4 Å². The highest BCUT2D eigenvalue weighted by Crippen LogP contribution is 2.25. The molecule has 2 aromatic carbocycles. The van der Waals surface area contributed by atoms with Crippen LogP contribution in [-0.2, 0) is 12.6 Å². The topological polar surface area (TPSA) is 26.0 Å². The summed E-state index contributed by atoms with van der Waals surface area (Å²) in [5.74, 6) is 0.836. The molecule has 0 aliphatic rings. The second-order valence-corrected chi connectivity index (χ2v) is 5.77. The fraction of sp³-hybridized carbons (Fsp3) is 0.0667. The summed E-state index contributed by atoms with van der Waals surface area (Å²) >= 11 is 6.73. The van der Waals surface area contributed by atoms with Gasteiger partial charge in [-0.2, -0.15) is 0 Å². The summed E-state index contributed by atoms with van der Waals surface area (Å²) < 4.78 is 7.69. The smallest absolute Gasteiger partial charge is 0.237 e. The van der Waals surface area contributed by atoms with Gasteiger partial charge in [0.05, 0.1) is 7.11 Å². The highest BCUT2D eigenvalue weighted by molar-refractivity contribution is 7.62. The number of ether oxygens (including phenoxy) is 1. The molecule has 1 aromatic heterocycles. The third-order valence-electron chi connectivity index (χ3n) is 2.90. The first kappa shape index (κ1) is 13.0. The molecule has 0 unspecified atom stereocenters. The molecule has 0 aliphatic carbocycles. The van der Waals surface area contributed by atoms with Crippen LogP contribution in [0.1, 0.15) is 0 Å². The molecular formula is C15H12N2OS2. The van der Waals surface area contributed by atoms with Crippen molar-refractivity contribution in [1.29, 1.82) is 0 Å². The Bertz CT molecular complexity index is 708. The van der Waals surface area contributed by atoms with Crippen LogP contribution in [0.15, 0.2) is 58.9 Å². The number of para-hydroxylation sites is 1. The van der Waals surface area contributed by atoms with Crippen molar-refractivity contribution in [3.63, 3.8) is 0 Å². The van der Waals surface area contributed by atoms with Gasteiger partial charge in [-0.25, -0.2) is 0 Å². The van der Waals surface area contributed by atoms with Gasteiger partial charge in [0, 0.05) is 22.0 Å². The molecular weight excluding hydrogens is 288 g/mol. The summed E-state index contributed by atoms with van der Waals surface area (Å²) in [4.78, 5) is 0. The minimum Gasteiger partial charge on any atom is -0.497 e. The zero-order chi connectivity index (χ0) is 13.9. The average molecular weight is 300 g/mol. The molecule has 0 atom stereocenters. The molecule has 5 heteroatoms. The molecule has 0 bridgehead atoms. The molecule has 0 amide bonds. The summed E-state index contributed by atoms with van der Waals surface area (Å²) in [5.41, 5.74) is 2.08. The van der Waals surface area contributed by atoms with E-state index >= 15 is 0 Å². The third kappa shape index (κ3) is 2.50. The van der Waals surface area contributed by atoms with Gasteiger partial charge in [0.15, 0.2) is 0 Å². The summed E-state index contributed by atoms with van der Waals surface area (Å²) in [6.07, 6.45) is 0. The quantitative estimate of drug-likeness (QED) is 0.549. The van der Waals surface area contributed by atoms with Crippen LogP contribution < -0.4 is 9.42 Å². The Balaban J connectivity index is 2.09. The van der Waals surface area contributed by atoms with Gasteiger partial charge in [-0.1, -0.05) is 22.9 Å². The Morgan fingerprint density at radius 3 is 2.40 bits per heavy atom. The molecule has 100 valence electrons. The first-order valence-corrected chi connectivity index (χ1v) is 7.30. The molecule has 3 rings (SSSR count). The first-order valence-electron chi connectivity index (χ1n) is 6.08. The van der Waals surface area contributed by atoms with Gasteiger partial charge in [0.2, 0.25) is 10.7 Å². The lowest BCUT2D eigenvalue weighted by atomic mass is 10.2. The number of hydrogen-bond donors (Lipinski definition) is 0. The molecule has 1 heterocycles. The molecule has 3 aromatic rings. The minimum atomic E-state index is 0.625. The fourth-order valence-electron chi connectivity index (χ4n) is 1.93. The molecule has 0 saturated carbocycles. The number of rotatable bonds is 3. The van der Waals surface area contributed by atoms with Gasteiger partial charge >= 0.3 is 0 Å². The van der Waals surface area contributed by atoms with Gasteiger partial charge in [-0.3, -0.25) is 11.3 Å². The van der Waals surface area contributed by atoms with Crippen LogP contribution in [0.25, 0.3) is 16.3 Å². The van der Waals surface area contributed by atoms with E-state index in [-0.39, 0.29) is 0 Å². The van der Waals surface area contributed by atoms with Gasteiger partial charge in [-0.05, 0) is 29.4 Å². The van der Waals surface area contributed by atoms with Crippen molar-refractivity contribution in [1.82, 2.24) is 5.10 Å². The van der Waals surface area contributed by atoms with E-state index in [1.807, 2.05) is 59.3 Å². The van der Waals surface area contributed by atoms with E-state index in [0.717, 1.165) is 22.0 Å². The van der Waals surface area contributed by atoms with Gasteiger partial charge in [0.1, 0.15) is 5.75 Å². The normalized spacial score (nSPS) is 10.4. The standard InChI is InChI=1S/C15H12N2OS2/c1-18-13-9-7-11(8-10-13)14-17(16-15(19)20-14)12-5-3-2-4-6-12/h2-10H,1H3. The van der Waals surface area contributed by atoms with Crippen LogP contribution in [0.5, 0.6) is 5.75 Å². The average Bonchev–Trinajstić information content (AvgIpc) is 2.90. The van der Waals surface area contributed by atoms with Crippen molar-refractivity contribution >= 4 is 24.0 Å². The Morgan fingerprint density at radius 2 is 1.75 bits per heavy atom. The highest BCUT2D eigenvalue weighted by Gasteiger charge is 2.16. The summed E-state index contributed by atoms with van der Waals surface area (Å²) in [6, 6.07) is 17.9. The Morgan fingerprint density at radius 1 is 1.05 bits per heavy atom. The van der Waals surface area contributed by atoms with Crippen molar-refractivity contribution in [2.45, 2.75) is 4.34 Å². The van der Waals surface area contributed by atoms with Crippen LogP contribution in [-0.4, -0.2) is 12.2 Å². The molecule has 0 N–H and O–H groups in total. The predicted molar refractivity (Wildman–Crippen MR) is 81.3 cm³/mol. The van der Waals surface area contributed by atoms with Gasteiger partial charge in [-0.15, -0.1) is 0 Å². The molecule has 0 radical (unpaired) electrons. The van der Waals surface area contributed by atoms with Gasteiger partial charge < -0.3 is 17.4 Å². The number of aromatic nitrogens is 2. The number of benzene rings is 2. The van der Waals surface area contributed by atoms with Crippen molar-refractivity contribution in [3.8, 4) is 22.0 Å². The monoisotopic (exact) mass is 300 g/mol. The first-order chi connectivity index (χ1) is 9.78. The van der Waals surface area contributed by atoms with Gasteiger partial charge in [0.25, 0.3) is 0 Å². The van der Waals surface area contributed by atoms with E-state index in [1.165, 1.54) is 11.3 Å². The number of nitrogens with zero attached hydrogens (tertiary/aromatic N) is 2. The van der Waals surface area contributed by atoms with E-state index in [0.29, 0.717) is 4.34 Å². The second-order valence-electron chi connectivity index (χ2n) is 4.15. The summed E-state index contributed by atoms with van der Waals surface area (Å²) in [5, 5.41) is 5.44. The maximum atomic E-state index is 5.23. The molecule has 0 saturated heterocycles. The lowest BCUT2D eigenvalue weighted by Crippen LogP contribution is -2.34.